The first-order chi connectivity index (χ1) is 8.16. The van der Waals surface area contributed by atoms with Gasteiger partial charge in [-0.25, -0.2) is 0 Å². The lowest BCUT2D eigenvalue weighted by Gasteiger charge is -2.05. The zero-order valence-corrected chi connectivity index (χ0v) is 9.90. The van der Waals surface area contributed by atoms with Gasteiger partial charge in [0.1, 0.15) is 0 Å². The van der Waals surface area contributed by atoms with Gasteiger partial charge in [0, 0.05) is 22.7 Å². The number of benzene rings is 1. The zero-order valence-electron chi connectivity index (χ0n) is 9.08. The molecule has 6 nitrogen and oxygen atoms in total. The third kappa shape index (κ3) is 2.76. The second-order valence-corrected chi connectivity index (χ2v) is 4.12. The van der Waals surface area contributed by atoms with Crippen molar-refractivity contribution in [1.29, 1.82) is 0 Å². The average Bonchev–Trinajstić information content (AvgIpc) is 2.78. The van der Waals surface area contributed by atoms with Crippen LogP contribution < -0.4 is 5.32 Å². The van der Waals surface area contributed by atoms with Gasteiger partial charge in [-0.05, 0) is 30.6 Å². The van der Waals surface area contributed by atoms with E-state index in [9.17, 15) is 10.1 Å². The minimum Gasteiger partial charge on any atom is -0.379 e. The lowest BCUT2D eigenvalue weighted by molar-refractivity contribution is -0.385. The van der Waals surface area contributed by atoms with E-state index in [0.717, 1.165) is 11.4 Å². The third-order valence-corrected chi connectivity index (χ3v) is 2.83. The first kappa shape index (κ1) is 11.5. The Kier molecular flexibility index (Phi) is 3.29. The number of anilines is 1. The van der Waals surface area contributed by atoms with Gasteiger partial charge in [0.2, 0.25) is 0 Å². The highest BCUT2D eigenvalue weighted by atomic mass is 32.1. The zero-order chi connectivity index (χ0) is 12.3. The van der Waals surface area contributed by atoms with Crippen molar-refractivity contribution in [3.63, 3.8) is 0 Å². The highest BCUT2D eigenvalue weighted by Crippen LogP contribution is 2.21. The van der Waals surface area contributed by atoms with Crippen molar-refractivity contribution in [3.05, 3.63) is 45.0 Å². The van der Waals surface area contributed by atoms with Gasteiger partial charge in [0.05, 0.1) is 17.2 Å². The van der Waals surface area contributed by atoms with E-state index >= 15 is 0 Å². The molecular weight excluding hydrogens is 240 g/mol. The predicted molar refractivity (Wildman–Crippen MR) is 65.1 cm³/mol. The largest absolute Gasteiger partial charge is 0.379 e. The van der Waals surface area contributed by atoms with E-state index in [1.54, 1.807) is 19.1 Å². The quantitative estimate of drug-likeness (QED) is 0.665. The number of hydrogen-bond acceptors (Lipinski definition) is 6. The van der Waals surface area contributed by atoms with Crippen LogP contribution >= 0.6 is 11.5 Å². The lowest BCUT2D eigenvalue weighted by Crippen LogP contribution is -2.00. The molecule has 7 heteroatoms. The van der Waals surface area contributed by atoms with Gasteiger partial charge >= 0.3 is 0 Å². The summed E-state index contributed by atoms with van der Waals surface area (Å²) in [5.74, 6) is 0. The smallest absolute Gasteiger partial charge is 0.272 e. The Bertz CT molecular complexity index is 527. The summed E-state index contributed by atoms with van der Waals surface area (Å²) in [5.41, 5.74) is 2.45. The molecule has 0 saturated heterocycles. The molecule has 0 fully saturated rings. The van der Waals surface area contributed by atoms with Crippen LogP contribution in [-0.2, 0) is 6.54 Å². The molecule has 0 atom stereocenters. The maximum absolute atomic E-state index is 10.6. The monoisotopic (exact) mass is 250 g/mol. The van der Waals surface area contributed by atoms with Gasteiger partial charge in [-0.1, -0.05) is 4.49 Å². The average molecular weight is 250 g/mol. The Balaban J connectivity index is 2.07. The van der Waals surface area contributed by atoms with Crippen molar-refractivity contribution in [2.75, 3.05) is 5.32 Å². The maximum Gasteiger partial charge on any atom is 0.272 e. The van der Waals surface area contributed by atoms with Crippen LogP contribution in [0.25, 0.3) is 0 Å². The maximum atomic E-state index is 10.6. The summed E-state index contributed by atoms with van der Waals surface area (Å²) in [6.45, 7) is 2.28. The lowest BCUT2D eigenvalue weighted by atomic mass is 10.2. The summed E-state index contributed by atoms with van der Waals surface area (Å²) < 4.78 is 3.75. The van der Waals surface area contributed by atoms with Gasteiger partial charge in [0.15, 0.2) is 0 Å². The highest BCUT2D eigenvalue weighted by molar-refractivity contribution is 7.03. The molecule has 17 heavy (non-hydrogen) atoms. The molecule has 0 bridgehead atoms. The van der Waals surface area contributed by atoms with Crippen molar-refractivity contribution >= 4 is 22.9 Å². The molecule has 88 valence electrons. The Morgan fingerprint density at radius 1 is 1.53 bits per heavy atom. The number of nitro groups is 1. The van der Waals surface area contributed by atoms with E-state index in [-0.39, 0.29) is 10.6 Å². The fourth-order valence-corrected chi connectivity index (χ4v) is 1.88. The molecule has 1 heterocycles. The molecule has 1 aromatic carbocycles. The van der Waals surface area contributed by atoms with Crippen molar-refractivity contribution in [2.45, 2.75) is 13.5 Å². The van der Waals surface area contributed by atoms with Crippen LogP contribution in [0.2, 0.25) is 0 Å². The van der Waals surface area contributed by atoms with Gasteiger partial charge in [0.25, 0.3) is 5.69 Å². The molecular formula is C10H10N4O2S. The Morgan fingerprint density at radius 2 is 2.35 bits per heavy atom. The van der Waals surface area contributed by atoms with Crippen molar-refractivity contribution in [1.82, 2.24) is 9.59 Å². The number of nitro benzene ring substituents is 1. The van der Waals surface area contributed by atoms with E-state index in [0.29, 0.717) is 12.1 Å². The topological polar surface area (TPSA) is 81.0 Å². The van der Waals surface area contributed by atoms with Gasteiger partial charge < -0.3 is 5.32 Å². The molecule has 2 aromatic rings. The SMILES string of the molecule is Cc1cc(NCc2csnn2)ccc1[N+](=O)[O-]. The van der Waals surface area contributed by atoms with Crippen LogP contribution in [0.4, 0.5) is 11.4 Å². The van der Waals surface area contributed by atoms with Crippen molar-refractivity contribution in [2.24, 2.45) is 0 Å². The number of hydrogen-bond donors (Lipinski definition) is 1. The number of rotatable bonds is 4. The van der Waals surface area contributed by atoms with E-state index < -0.39 is 0 Å². The molecule has 1 N–H and O–H groups in total. The summed E-state index contributed by atoms with van der Waals surface area (Å²) in [4.78, 5) is 10.3. The van der Waals surface area contributed by atoms with Gasteiger partial charge in [-0.15, -0.1) is 5.10 Å². The normalized spacial score (nSPS) is 10.2. The van der Waals surface area contributed by atoms with E-state index in [1.165, 1.54) is 17.6 Å². The molecule has 0 radical (unpaired) electrons. The number of nitrogens with zero attached hydrogens (tertiary/aromatic N) is 3. The Labute approximate surface area is 102 Å². The Morgan fingerprint density at radius 3 is 2.94 bits per heavy atom. The van der Waals surface area contributed by atoms with E-state index in [2.05, 4.69) is 14.9 Å². The fourth-order valence-electron chi connectivity index (χ4n) is 1.42. The standard InChI is InChI=1S/C10H10N4O2S/c1-7-4-8(2-3-10(7)14(15)16)11-5-9-6-17-13-12-9/h2-4,6,11H,5H2,1H3. The number of aromatic nitrogens is 2. The first-order valence-electron chi connectivity index (χ1n) is 4.91. The summed E-state index contributed by atoms with van der Waals surface area (Å²) in [6, 6.07) is 4.93. The van der Waals surface area contributed by atoms with Crippen LogP contribution in [0.1, 0.15) is 11.3 Å². The molecule has 0 unspecified atom stereocenters. The van der Waals surface area contributed by atoms with E-state index in [1.807, 2.05) is 5.38 Å². The summed E-state index contributed by atoms with van der Waals surface area (Å²) in [6.07, 6.45) is 0. The Hall–Kier alpha value is -2.02. The van der Waals surface area contributed by atoms with Crippen molar-refractivity contribution in [3.8, 4) is 0 Å². The fraction of sp³-hybridized carbons (Fsp3) is 0.200. The summed E-state index contributed by atoms with van der Waals surface area (Å²) >= 11 is 1.29. The minimum absolute atomic E-state index is 0.130. The molecule has 0 aliphatic rings. The van der Waals surface area contributed by atoms with E-state index in [4.69, 9.17) is 0 Å². The molecule has 0 saturated carbocycles. The van der Waals surface area contributed by atoms with Crippen LogP contribution in [0.5, 0.6) is 0 Å². The van der Waals surface area contributed by atoms with Gasteiger partial charge in [-0.2, -0.15) is 0 Å². The van der Waals surface area contributed by atoms with Crippen LogP contribution in [-0.4, -0.2) is 14.5 Å². The number of aryl methyl sites for hydroxylation is 1. The minimum atomic E-state index is -0.385. The van der Waals surface area contributed by atoms with Crippen molar-refractivity contribution < 1.29 is 4.92 Å². The second kappa shape index (κ2) is 4.88. The third-order valence-electron chi connectivity index (χ3n) is 2.27. The first-order valence-corrected chi connectivity index (χ1v) is 5.75. The molecule has 2 rings (SSSR count). The molecule has 0 aliphatic heterocycles. The van der Waals surface area contributed by atoms with Crippen LogP contribution in [0.3, 0.4) is 0 Å². The second-order valence-electron chi connectivity index (χ2n) is 3.51. The van der Waals surface area contributed by atoms with Crippen LogP contribution in [0.15, 0.2) is 23.6 Å². The predicted octanol–water partition coefficient (Wildman–Crippen LogP) is 2.37. The number of nitrogens with one attached hydrogen (secondary N) is 1. The molecule has 1 aromatic heterocycles. The van der Waals surface area contributed by atoms with Gasteiger partial charge in [-0.3, -0.25) is 10.1 Å². The summed E-state index contributed by atoms with van der Waals surface area (Å²) in [5, 5.41) is 19.5. The highest BCUT2D eigenvalue weighted by Gasteiger charge is 2.09. The molecule has 0 aliphatic carbocycles. The van der Waals surface area contributed by atoms with Crippen LogP contribution in [0, 0.1) is 17.0 Å². The molecule has 0 spiro atoms. The summed E-state index contributed by atoms with van der Waals surface area (Å²) in [7, 11) is 0. The molecule has 0 amide bonds.